The third kappa shape index (κ3) is 1.43. The molecule has 0 aliphatic carbocycles. The van der Waals surface area contributed by atoms with Crippen molar-refractivity contribution in [2.75, 3.05) is 13.2 Å². The molecule has 0 saturated carbocycles. The zero-order valence-corrected chi connectivity index (χ0v) is 6.42. The Hall–Kier alpha value is -0.830. The maximum absolute atomic E-state index is 5.35. The van der Waals surface area contributed by atoms with Crippen LogP contribution in [0.2, 0.25) is 0 Å². The molecule has 0 aromatic carbocycles. The Kier molecular flexibility index (Phi) is 1.90. The molecule has 2 heterocycles. The van der Waals surface area contributed by atoms with E-state index < -0.39 is 0 Å². The molecular formula is C8H12N2O. The summed E-state index contributed by atoms with van der Waals surface area (Å²) in [4.78, 5) is 7.32. The second-order valence-corrected chi connectivity index (χ2v) is 2.89. The number of rotatable bonds is 1. The summed E-state index contributed by atoms with van der Waals surface area (Å²) in [6, 6.07) is 0. The summed E-state index contributed by atoms with van der Waals surface area (Å²) < 4.78 is 5.35. The van der Waals surface area contributed by atoms with Gasteiger partial charge in [0.2, 0.25) is 0 Å². The number of aromatic amines is 1. The summed E-state index contributed by atoms with van der Waals surface area (Å²) in [6.07, 6.45) is 6.02. The van der Waals surface area contributed by atoms with Gasteiger partial charge in [0.15, 0.2) is 0 Å². The first kappa shape index (κ1) is 6.85. The number of nitrogens with one attached hydrogen (secondary N) is 1. The number of hydrogen-bond donors (Lipinski definition) is 1. The first-order chi connectivity index (χ1) is 5.47. The molecule has 1 atom stereocenters. The second kappa shape index (κ2) is 3.05. The van der Waals surface area contributed by atoms with Crippen molar-refractivity contribution < 1.29 is 4.74 Å². The van der Waals surface area contributed by atoms with Crippen LogP contribution in [0.3, 0.4) is 0 Å². The molecule has 1 aliphatic rings. The lowest BCUT2D eigenvalue weighted by Crippen LogP contribution is -2.16. The van der Waals surface area contributed by atoms with E-state index in [4.69, 9.17) is 4.74 Å². The molecule has 3 nitrogen and oxygen atoms in total. The van der Waals surface area contributed by atoms with Crippen molar-refractivity contribution in [3.63, 3.8) is 0 Å². The van der Waals surface area contributed by atoms with E-state index in [9.17, 15) is 0 Å². The summed E-state index contributed by atoms with van der Waals surface area (Å²) in [5.41, 5.74) is 0. The van der Waals surface area contributed by atoms with Crippen LogP contribution in [0.25, 0.3) is 0 Å². The van der Waals surface area contributed by atoms with Crippen LogP contribution >= 0.6 is 0 Å². The highest BCUT2D eigenvalue weighted by molar-refractivity contribution is 4.97. The van der Waals surface area contributed by atoms with E-state index in [2.05, 4.69) is 9.97 Å². The molecule has 1 N–H and O–H groups in total. The number of imidazole rings is 1. The van der Waals surface area contributed by atoms with Crippen molar-refractivity contribution >= 4 is 0 Å². The number of nitrogens with zero attached hydrogens (tertiary/aromatic N) is 1. The molecule has 1 aromatic rings. The minimum atomic E-state index is 0.499. The predicted octanol–water partition coefficient (Wildman–Crippen LogP) is 1.30. The molecule has 0 unspecified atom stereocenters. The highest BCUT2D eigenvalue weighted by Gasteiger charge is 2.17. The molecule has 1 saturated heterocycles. The van der Waals surface area contributed by atoms with Crippen molar-refractivity contribution in [3.05, 3.63) is 18.2 Å². The van der Waals surface area contributed by atoms with Gasteiger partial charge in [0, 0.05) is 24.9 Å². The lowest BCUT2D eigenvalue weighted by Gasteiger charge is -2.19. The van der Waals surface area contributed by atoms with Gasteiger partial charge in [-0.2, -0.15) is 0 Å². The topological polar surface area (TPSA) is 37.9 Å². The van der Waals surface area contributed by atoms with E-state index in [1.54, 1.807) is 6.20 Å². The van der Waals surface area contributed by atoms with Crippen molar-refractivity contribution in [1.82, 2.24) is 9.97 Å². The molecule has 1 aliphatic heterocycles. The predicted molar refractivity (Wildman–Crippen MR) is 41.4 cm³/mol. The molecule has 3 heteroatoms. The van der Waals surface area contributed by atoms with Crippen molar-refractivity contribution in [2.24, 2.45) is 0 Å². The van der Waals surface area contributed by atoms with Crippen molar-refractivity contribution in [2.45, 2.75) is 18.8 Å². The van der Waals surface area contributed by atoms with Gasteiger partial charge in [0.05, 0.1) is 6.61 Å². The van der Waals surface area contributed by atoms with Gasteiger partial charge < -0.3 is 9.72 Å². The average molecular weight is 152 g/mol. The average Bonchev–Trinajstić information content (AvgIpc) is 2.58. The molecule has 0 amide bonds. The molecule has 0 bridgehead atoms. The Balaban J connectivity index is 2.04. The van der Waals surface area contributed by atoms with Gasteiger partial charge >= 0.3 is 0 Å². The van der Waals surface area contributed by atoms with Gasteiger partial charge in [-0.25, -0.2) is 4.98 Å². The number of ether oxygens (including phenoxy) is 1. The quantitative estimate of drug-likeness (QED) is 0.658. The Bertz CT molecular complexity index is 202. The summed E-state index contributed by atoms with van der Waals surface area (Å²) >= 11 is 0. The first-order valence-electron chi connectivity index (χ1n) is 4.04. The van der Waals surface area contributed by atoms with E-state index >= 15 is 0 Å². The number of hydrogen-bond acceptors (Lipinski definition) is 2. The SMILES string of the molecule is c1c[nH]c([C@@H]2CCCOC2)n1. The second-order valence-electron chi connectivity index (χ2n) is 2.89. The van der Waals surface area contributed by atoms with Gasteiger partial charge in [-0.3, -0.25) is 0 Å². The maximum Gasteiger partial charge on any atom is 0.111 e. The van der Waals surface area contributed by atoms with Crippen LogP contribution in [0, 0.1) is 0 Å². The zero-order valence-electron chi connectivity index (χ0n) is 6.42. The van der Waals surface area contributed by atoms with Crippen molar-refractivity contribution in [1.29, 1.82) is 0 Å². The van der Waals surface area contributed by atoms with Crippen LogP contribution in [0.1, 0.15) is 24.6 Å². The molecule has 11 heavy (non-hydrogen) atoms. The third-order valence-electron chi connectivity index (χ3n) is 2.07. The minimum Gasteiger partial charge on any atom is -0.381 e. The first-order valence-corrected chi connectivity index (χ1v) is 4.04. The molecule has 1 fully saturated rings. The van der Waals surface area contributed by atoms with Gasteiger partial charge in [0.25, 0.3) is 0 Å². The molecular weight excluding hydrogens is 140 g/mol. The Morgan fingerprint density at radius 3 is 3.27 bits per heavy atom. The molecule has 1 aromatic heterocycles. The van der Waals surface area contributed by atoms with Crippen LogP contribution in [-0.4, -0.2) is 23.2 Å². The van der Waals surface area contributed by atoms with Gasteiger partial charge in [-0.15, -0.1) is 0 Å². The number of aromatic nitrogens is 2. The highest BCUT2D eigenvalue weighted by Crippen LogP contribution is 2.21. The summed E-state index contributed by atoms with van der Waals surface area (Å²) in [6.45, 7) is 1.74. The van der Waals surface area contributed by atoms with E-state index in [1.165, 1.54) is 6.42 Å². The third-order valence-corrected chi connectivity index (χ3v) is 2.07. The largest absolute Gasteiger partial charge is 0.381 e. The lowest BCUT2D eigenvalue weighted by molar-refractivity contribution is 0.0783. The number of H-pyrrole nitrogens is 1. The Morgan fingerprint density at radius 1 is 1.64 bits per heavy atom. The molecule has 60 valence electrons. The summed E-state index contributed by atoms with van der Waals surface area (Å²) in [5.74, 6) is 1.57. The van der Waals surface area contributed by atoms with Crippen molar-refractivity contribution in [3.8, 4) is 0 Å². The van der Waals surface area contributed by atoms with Crippen LogP contribution < -0.4 is 0 Å². The monoisotopic (exact) mass is 152 g/mol. The smallest absolute Gasteiger partial charge is 0.111 e. The van der Waals surface area contributed by atoms with Crippen LogP contribution in [0.4, 0.5) is 0 Å². The maximum atomic E-state index is 5.35. The highest BCUT2D eigenvalue weighted by atomic mass is 16.5. The standard InChI is InChI=1S/C8H12N2O/c1-2-7(6-11-5-1)8-9-3-4-10-8/h3-4,7H,1-2,5-6H2,(H,9,10)/t7-/m1/s1. The van der Waals surface area contributed by atoms with Gasteiger partial charge in [-0.05, 0) is 12.8 Å². The summed E-state index contributed by atoms with van der Waals surface area (Å²) in [7, 11) is 0. The van der Waals surface area contributed by atoms with E-state index in [0.29, 0.717) is 5.92 Å². The zero-order chi connectivity index (χ0) is 7.52. The fourth-order valence-electron chi connectivity index (χ4n) is 1.46. The van der Waals surface area contributed by atoms with Crippen LogP contribution in [0.15, 0.2) is 12.4 Å². The summed E-state index contributed by atoms with van der Waals surface area (Å²) in [5, 5.41) is 0. The fourth-order valence-corrected chi connectivity index (χ4v) is 1.46. The Labute approximate surface area is 65.8 Å². The van der Waals surface area contributed by atoms with Crippen LogP contribution in [-0.2, 0) is 4.74 Å². The molecule has 0 spiro atoms. The normalized spacial score (nSPS) is 25.3. The lowest BCUT2D eigenvalue weighted by atomic mass is 10.0. The van der Waals surface area contributed by atoms with E-state index in [0.717, 1.165) is 25.5 Å². The minimum absolute atomic E-state index is 0.499. The molecule has 0 radical (unpaired) electrons. The van der Waals surface area contributed by atoms with Gasteiger partial charge in [-0.1, -0.05) is 0 Å². The van der Waals surface area contributed by atoms with Gasteiger partial charge in [0.1, 0.15) is 5.82 Å². The van der Waals surface area contributed by atoms with Crippen LogP contribution in [0.5, 0.6) is 0 Å². The Morgan fingerprint density at radius 2 is 2.64 bits per heavy atom. The van der Waals surface area contributed by atoms with E-state index in [1.807, 2.05) is 6.20 Å². The fraction of sp³-hybridized carbons (Fsp3) is 0.625. The van der Waals surface area contributed by atoms with E-state index in [-0.39, 0.29) is 0 Å². The molecule has 2 rings (SSSR count).